The van der Waals surface area contributed by atoms with Crippen molar-refractivity contribution in [3.8, 4) is 0 Å². The maximum Gasteiger partial charge on any atom is 0.309 e. The molecule has 0 saturated carbocycles. The Morgan fingerprint density at radius 3 is 2.26 bits per heavy atom. The molecule has 1 aliphatic rings. The number of rotatable bonds is 6. The summed E-state index contributed by atoms with van der Waals surface area (Å²) in [7, 11) is -3.63. The van der Waals surface area contributed by atoms with Gasteiger partial charge in [0.1, 0.15) is 6.04 Å². The molecule has 1 aromatic rings. The van der Waals surface area contributed by atoms with Crippen LogP contribution in [0.25, 0.3) is 0 Å². The number of esters is 1. The van der Waals surface area contributed by atoms with Gasteiger partial charge in [-0.15, -0.1) is 0 Å². The predicted octanol–water partition coefficient (Wildman–Crippen LogP) is 1.95. The number of anilines is 1. The molecule has 0 spiro atoms. The van der Waals surface area contributed by atoms with E-state index in [0.29, 0.717) is 38.2 Å². The van der Waals surface area contributed by atoms with Gasteiger partial charge in [-0.25, -0.2) is 8.42 Å². The molecule has 0 radical (unpaired) electrons. The third kappa shape index (κ3) is 5.22. The molecule has 27 heavy (non-hydrogen) atoms. The van der Waals surface area contributed by atoms with Crippen molar-refractivity contribution in [3.63, 3.8) is 0 Å². The molecule has 1 saturated heterocycles. The fourth-order valence-corrected chi connectivity index (χ4v) is 4.52. The topological polar surface area (TPSA) is 84.0 Å². The van der Waals surface area contributed by atoms with Crippen molar-refractivity contribution < 1.29 is 22.7 Å². The molecule has 1 atom stereocenters. The lowest BCUT2D eigenvalue weighted by molar-refractivity contribution is -0.151. The lowest BCUT2D eigenvalue weighted by Crippen LogP contribution is -2.51. The number of benzene rings is 1. The Balaban J connectivity index is 2.12. The minimum Gasteiger partial charge on any atom is -0.466 e. The lowest BCUT2D eigenvalue weighted by Gasteiger charge is -2.36. The predicted molar refractivity (Wildman–Crippen MR) is 104 cm³/mol. The van der Waals surface area contributed by atoms with E-state index in [1.807, 2.05) is 19.1 Å². The second kappa shape index (κ2) is 8.73. The third-order valence-corrected chi connectivity index (χ3v) is 6.02. The van der Waals surface area contributed by atoms with Crippen LogP contribution in [0.3, 0.4) is 0 Å². The zero-order valence-electron chi connectivity index (χ0n) is 16.3. The van der Waals surface area contributed by atoms with E-state index < -0.39 is 16.1 Å². The number of carbonyl (C=O) groups excluding carboxylic acids is 2. The highest BCUT2D eigenvalue weighted by Gasteiger charge is 2.35. The van der Waals surface area contributed by atoms with Gasteiger partial charge in [0.25, 0.3) is 0 Å². The van der Waals surface area contributed by atoms with E-state index in [1.54, 1.807) is 30.9 Å². The Hall–Kier alpha value is -2.09. The highest BCUT2D eigenvalue weighted by molar-refractivity contribution is 7.92. The summed E-state index contributed by atoms with van der Waals surface area (Å²) in [6, 6.07) is 6.17. The number of amides is 1. The fraction of sp³-hybridized carbons (Fsp3) is 0.579. The molecule has 2 rings (SSSR count). The second-order valence-corrected chi connectivity index (χ2v) is 8.78. The standard InChI is InChI=1S/C19H28N2O5S/c1-5-26-19(23)16-10-12-20(13-11-16)18(22)15(3)21(27(4,24)25)17-8-6-14(2)7-9-17/h6-9,15-16H,5,10-13H2,1-4H3. The maximum atomic E-state index is 12.9. The number of nitrogens with zero attached hydrogens (tertiary/aromatic N) is 2. The number of carbonyl (C=O) groups is 2. The summed E-state index contributed by atoms with van der Waals surface area (Å²) in [4.78, 5) is 26.4. The Bertz CT molecular complexity index is 768. The Morgan fingerprint density at radius 2 is 1.78 bits per heavy atom. The van der Waals surface area contributed by atoms with Crippen LogP contribution in [0.15, 0.2) is 24.3 Å². The van der Waals surface area contributed by atoms with Crippen LogP contribution < -0.4 is 4.31 Å². The van der Waals surface area contributed by atoms with Crippen LogP contribution in [0.1, 0.15) is 32.3 Å². The van der Waals surface area contributed by atoms with E-state index in [4.69, 9.17) is 4.74 Å². The Labute approximate surface area is 161 Å². The lowest BCUT2D eigenvalue weighted by atomic mass is 9.96. The number of ether oxygens (including phenoxy) is 1. The van der Waals surface area contributed by atoms with Gasteiger partial charge < -0.3 is 9.64 Å². The van der Waals surface area contributed by atoms with Crippen molar-refractivity contribution in [1.29, 1.82) is 0 Å². The molecule has 1 amide bonds. The van der Waals surface area contributed by atoms with E-state index >= 15 is 0 Å². The average molecular weight is 397 g/mol. The highest BCUT2D eigenvalue weighted by atomic mass is 32.2. The van der Waals surface area contributed by atoms with Crippen LogP contribution in [0.4, 0.5) is 5.69 Å². The summed E-state index contributed by atoms with van der Waals surface area (Å²) < 4.78 is 30.9. The zero-order valence-corrected chi connectivity index (χ0v) is 17.2. The van der Waals surface area contributed by atoms with Crippen molar-refractivity contribution in [2.75, 3.05) is 30.3 Å². The molecule has 0 bridgehead atoms. The van der Waals surface area contributed by atoms with Crippen LogP contribution in [0.2, 0.25) is 0 Å². The molecular weight excluding hydrogens is 368 g/mol. The first kappa shape index (κ1) is 21.2. The maximum absolute atomic E-state index is 12.9. The monoisotopic (exact) mass is 396 g/mol. The first-order valence-electron chi connectivity index (χ1n) is 9.16. The van der Waals surface area contributed by atoms with Gasteiger partial charge >= 0.3 is 5.97 Å². The van der Waals surface area contributed by atoms with E-state index in [2.05, 4.69) is 0 Å². The number of hydrogen-bond acceptors (Lipinski definition) is 5. The highest BCUT2D eigenvalue weighted by Crippen LogP contribution is 2.24. The first-order chi connectivity index (χ1) is 12.6. The van der Waals surface area contributed by atoms with Gasteiger partial charge in [0.2, 0.25) is 15.9 Å². The van der Waals surface area contributed by atoms with Crippen LogP contribution in [-0.4, -0.2) is 57.2 Å². The SMILES string of the molecule is CCOC(=O)C1CCN(C(=O)C(C)N(c2ccc(C)cc2)S(C)(=O)=O)CC1. The van der Waals surface area contributed by atoms with E-state index in [9.17, 15) is 18.0 Å². The van der Waals surface area contributed by atoms with Crippen molar-refractivity contribution in [2.24, 2.45) is 5.92 Å². The van der Waals surface area contributed by atoms with Crippen LogP contribution in [-0.2, 0) is 24.3 Å². The largest absolute Gasteiger partial charge is 0.466 e. The molecule has 1 unspecified atom stereocenters. The minimum atomic E-state index is -3.63. The van der Waals surface area contributed by atoms with Crippen LogP contribution >= 0.6 is 0 Å². The summed E-state index contributed by atoms with van der Waals surface area (Å²) >= 11 is 0. The molecule has 1 heterocycles. The molecular formula is C19H28N2O5S. The van der Waals surface area contributed by atoms with Gasteiger partial charge in [0, 0.05) is 13.1 Å². The molecule has 150 valence electrons. The normalized spacial score (nSPS) is 16.7. The zero-order chi connectivity index (χ0) is 20.2. The molecule has 1 aromatic carbocycles. The molecule has 0 aliphatic carbocycles. The number of hydrogen-bond donors (Lipinski definition) is 0. The fourth-order valence-electron chi connectivity index (χ4n) is 3.35. The number of sulfonamides is 1. The quantitative estimate of drug-likeness (QED) is 0.686. The van der Waals surface area contributed by atoms with E-state index in [-0.39, 0.29) is 17.8 Å². The molecule has 0 aromatic heterocycles. The molecule has 7 nitrogen and oxygen atoms in total. The summed E-state index contributed by atoms with van der Waals surface area (Å²) in [5.74, 6) is -0.689. The molecule has 1 fully saturated rings. The summed E-state index contributed by atoms with van der Waals surface area (Å²) in [6.07, 6.45) is 2.16. The van der Waals surface area contributed by atoms with Gasteiger partial charge in [-0.05, 0) is 45.7 Å². The Kier molecular flexibility index (Phi) is 6.86. The molecule has 0 N–H and O–H groups in total. The third-order valence-electron chi connectivity index (χ3n) is 4.78. The van der Waals surface area contributed by atoms with Crippen molar-refractivity contribution in [3.05, 3.63) is 29.8 Å². The van der Waals surface area contributed by atoms with Gasteiger partial charge in [0.15, 0.2) is 0 Å². The van der Waals surface area contributed by atoms with Gasteiger partial charge in [-0.3, -0.25) is 13.9 Å². The molecule has 1 aliphatic heterocycles. The average Bonchev–Trinajstić information content (AvgIpc) is 2.62. The van der Waals surface area contributed by atoms with E-state index in [0.717, 1.165) is 16.1 Å². The number of piperidine rings is 1. The number of aryl methyl sites for hydroxylation is 1. The number of likely N-dealkylation sites (tertiary alicyclic amines) is 1. The molecule has 8 heteroatoms. The van der Waals surface area contributed by atoms with Gasteiger partial charge in [0.05, 0.1) is 24.5 Å². The van der Waals surface area contributed by atoms with Crippen molar-refractivity contribution in [1.82, 2.24) is 4.90 Å². The van der Waals surface area contributed by atoms with Crippen LogP contribution in [0, 0.1) is 12.8 Å². The van der Waals surface area contributed by atoms with Crippen molar-refractivity contribution in [2.45, 2.75) is 39.7 Å². The summed E-state index contributed by atoms with van der Waals surface area (Å²) in [5.41, 5.74) is 1.47. The first-order valence-corrected chi connectivity index (χ1v) is 11.0. The summed E-state index contributed by atoms with van der Waals surface area (Å²) in [5, 5.41) is 0. The smallest absolute Gasteiger partial charge is 0.309 e. The van der Waals surface area contributed by atoms with E-state index in [1.165, 1.54) is 0 Å². The Morgan fingerprint density at radius 1 is 1.22 bits per heavy atom. The minimum absolute atomic E-state index is 0.201. The van der Waals surface area contributed by atoms with Gasteiger partial charge in [-0.2, -0.15) is 0 Å². The summed E-state index contributed by atoms with van der Waals surface area (Å²) in [6.45, 7) is 6.45. The van der Waals surface area contributed by atoms with Crippen LogP contribution in [0.5, 0.6) is 0 Å². The van der Waals surface area contributed by atoms with Crippen molar-refractivity contribution >= 4 is 27.6 Å². The van der Waals surface area contributed by atoms with Gasteiger partial charge in [-0.1, -0.05) is 17.7 Å². The second-order valence-electron chi connectivity index (χ2n) is 6.92.